The van der Waals surface area contributed by atoms with Gasteiger partial charge in [0.15, 0.2) is 5.78 Å². The van der Waals surface area contributed by atoms with E-state index in [2.05, 4.69) is 10.6 Å². The Morgan fingerprint density at radius 3 is 2.23 bits per heavy atom. The van der Waals surface area contributed by atoms with Gasteiger partial charge in [-0.15, -0.1) is 0 Å². The zero-order chi connectivity index (χ0) is 18.5. The van der Waals surface area contributed by atoms with Crippen LogP contribution in [0.1, 0.15) is 15.9 Å². The number of para-hydroxylation sites is 1. The SMILES string of the molecule is O=C(Nc1ccccc1)Nc1ccc(Cl)cc1C(=O)c1ccccc1F. The Kier molecular flexibility index (Phi) is 5.29. The first-order chi connectivity index (χ1) is 12.5. The number of carbonyl (C=O) groups is 2. The highest BCUT2D eigenvalue weighted by atomic mass is 35.5. The monoisotopic (exact) mass is 368 g/mol. The van der Waals surface area contributed by atoms with Gasteiger partial charge in [0, 0.05) is 16.3 Å². The molecule has 0 radical (unpaired) electrons. The van der Waals surface area contributed by atoms with Crippen molar-refractivity contribution < 1.29 is 14.0 Å². The Labute approximate surface area is 154 Å². The lowest BCUT2D eigenvalue weighted by molar-refractivity contribution is 0.103. The molecule has 0 unspecified atom stereocenters. The van der Waals surface area contributed by atoms with Crippen LogP contribution >= 0.6 is 11.6 Å². The smallest absolute Gasteiger partial charge is 0.308 e. The number of rotatable bonds is 4. The largest absolute Gasteiger partial charge is 0.323 e. The highest BCUT2D eigenvalue weighted by molar-refractivity contribution is 6.31. The molecule has 0 saturated heterocycles. The Balaban J connectivity index is 1.88. The number of anilines is 2. The first-order valence-electron chi connectivity index (χ1n) is 7.76. The van der Waals surface area contributed by atoms with E-state index < -0.39 is 17.6 Å². The van der Waals surface area contributed by atoms with Gasteiger partial charge in [-0.2, -0.15) is 0 Å². The number of nitrogens with one attached hydrogen (secondary N) is 2. The molecule has 26 heavy (non-hydrogen) atoms. The summed E-state index contributed by atoms with van der Waals surface area (Å²) >= 11 is 5.98. The van der Waals surface area contributed by atoms with Crippen LogP contribution < -0.4 is 10.6 Å². The molecule has 2 N–H and O–H groups in total. The summed E-state index contributed by atoms with van der Waals surface area (Å²) in [6, 6.07) is 18.4. The van der Waals surface area contributed by atoms with Crippen molar-refractivity contribution in [3.8, 4) is 0 Å². The van der Waals surface area contributed by atoms with E-state index in [0.717, 1.165) is 0 Å². The van der Waals surface area contributed by atoms with E-state index in [1.807, 2.05) is 6.07 Å². The van der Waals surface area contributed by atoms with Gasteiger partial charge < -0.3 is 10.6 Å². The lowest BCUT2D eigenvalue weighted by Gasteiger charge is -2.12. The normalized spacial score (nSPS) is 10.2. The lowest BCUT2D eigenvalue weighted by Crippen LogP contribution is -2.21. The first-order valence-corrected chi connectivity index (χ1v) is 8.14. The molecule has 2 amide bonds. The second kappa shape index (κ2) is 7.80. The van der Waals surface area contributed by atoms with Crippen molar-refractivity contribution in [3.05, 3.63) is 94.8 Å². The zero-order valence-corrected chi connectivity index (χ0v) is 14.3. The molecule has 0 bridgehead atoms. The van der Waals surface area contributed by atoms with Crippen LogP contribution in [0.2, 0.25) is 5.02 Å². The Morgan fingerprint density at radius 1 is 0.808 bits per heavy atom. The number of urea groups is 1. The quantitative estimate of drug-likeness (QED) is 0.609. The minimum Gasteiger partial charge on any atom is -0.308 e. The zero-order valence-electron chi connectivity index (χ0n) is 13.5. The van der Waals surface area contributed by atoms with Crippen LogP contribution in [-0.4, -0.2) is 11.8 Å². The molecule has 0 aliphatic heterocycles. The maximum Gasteiger partial charge on any atom is 0.323 e. The summed E-state index contributed by atoms with van der Waals surface area (Å²) in [7, 11) is 0. The molecule has 0 fully saturated rings. The maximum atomic E-state index is 14.0. The minimum absolute atomic E-state index is 0.0960. The van der Waals surface area contributed by atoms with Gasteiger partial charge in [-0.3, -0.25) is 4.79 Å². The summed E-state index contributed by atoms with van der Waals surface area (Å²) in [6.07, 6.45) is 0. The topological polar surface area (TPSA) is 58.2 Å². The summed E-state index contributed by atoms with van der Waals surface area (Å²) in [4.78, 5) is 24.9. The molecule has 3 aromatic rings. The van der Waals surface area contributed by atoms with Gasteiger partial charge in [0.25, 0.3) is 0 Å². The highest BCUT2D eigenvalue weighted by Gasteiger charge is 2.18. The Bertz CT molecular complexity index is 961. The third-order valence-electron chi connectivity index (χ3n) is 3.62. The fourth-order valence-electron chi connectivity index (χ4n) is 2.41. The molecule has 0 spiro atoms. The van der Waals surface area contributed by atoms with E-state index in [9.17, 15) is 14.0 Å². The van der Waals surface area contributed by atoms with Gasteiger partial charge in [-0.05, 0) is 42.5 Å². The Hall–Kier alpha value is -3.18. The van der Waals surface area contributed by atoms with Crippen molar-refractivity contribution in [2.24, 2.45) is 0 Å². The molecule has 3 aromatic carbocycles. The molecule has 3 rings (SSSR count). The van der Waals surface area contributed by atoms with Crippen LogP contribution in [0.4, 0.5) is 20.6 Å². The second-order valence-electron chi connectivity index (χ2n) is 5.44. The van der Waals surface area contributed by atoms with Gasteiger partial charge in [0.1, 0.15) is 5.82 Å². The fourth-order valence-corrected chi connectivity index (χ4v) is 2.58. The third kappa shape index (κ3) is 4.07. The predicted octanol–water partition coefficient (Wildman–Crippen LogP) is 5.35. The van der Waals surface area contributed by atoms with E-state index in [1.54, 1.807) is 30.3 Å². The summed E-state index contributed by atoms with van der Waals surface area (Å²) in [6.45, 7) is 0. The predicted molar refractivity (Wildman–Crippen MR) is 100 cm³/mol. The number of halogens is 2. The van der Waals surface area contributed by atoms with E-state index in [0.29, 0.717) is 10.7 Å². The summed E-state index contributed by atoms with van der Waals surface area (Å²) in [5.41, 5.74) is 0.837. The van der Waals surface area contributed by atoms with Crippen molar-refractivity contribution in [3.63, 3.8) is 0 Å². The first kappa shape index (κ1) is 17.6. The van der Waals surface area contributed by atoms with Crippen LogP contribution in [-0.2, 0) is 0 Å². The van der Waals surface area contributed by atoms with E-state index in [4.69, 9.17) is 11.6 Å². The molecule has 0 saturated carbocycles. The van der Waals surface area contributed by atoms with Gasteiger partial charge in [-0.25, -0.2) is 9.18 Å². The molecule has 0 heterocycles. The molecule has 4 nitrogen and oxygen atoms in total. The van der Waals surface area contributed by atoms with E-state index in [-0.39, 0.29) is 16.8 Å². The molecular formula is C20H14ClFN2O2. The van der Waals surface area contributed by atoms with Crippen LogP contribution in [0.5, 0.6) is 0 Å². The standard InChI is InChI=1S/C20H14ClFN2O2/c21-13-10-11-18(24-20(26)23-14-6-2-1-3-7-14)16(12-13)19(25)15-8-4-5-9-17(15)22/h1-12H,(H2,23,24,26). The van der Waals surface area contributed by atoms with Crippen molar-refractivity contribution in [1.29, 1.82) is 0 Å². The highest BCUT2D eigenvalue weighted by Crippen LogP contribution is 2.25. The number of ketones is 1. The van der Waals surface area contributed by atoms with Crippen molar-refractivity contribution >= 4 is 34.8 Å². The molecule has 130 valence electrons. The minimum atomic E-state index is -0.642. The number of hydrogen-bond acceptors (Lipinski definition) is 2. The van der Waals surface area contributed by atoms with Crippen LogP contribution in [0, 0.1) is 5.82 Å². The molecule has 0 aromatic heterocycles. The summed E-state index contributed by atoms with van der Waals surface area (Å²) in [5, 5.41) is 5.56. The number of hydrogen-bond donors (Lipinski definition) is 2. The average Bonchev–Trinajstić information content (AvgIpc) is 2.64. The average molecular weight is 369 g/mol. The lowest BCUT2D eigenvalue weighted by atomic mass is 10.0. The molecule has 0 aliphatic carbocycles. The number of carbonyl (C=O) groups excluding carboxylic acids is 2. The van der Waals surface area contributed by atoms with Crippen molar-refractivity contribution in [2.45, 2.75) is 0 Å². The van der Waals surface area contributed by atoms with Gasteiger partial charge >= 0.3 is 6.03 Å². The summed E-state index contributed by atoms with van der Waals surface area (Å²) < 4.78 is 14.0. The van der Waals surface area contributed by atoms with E-state index in [1.165, 1.54) is 36.4 Å². The van der Waals surface area contributed by atoms with Gasteiger partial charge in [0.2, 0.25) is 0 Å². The second-order valence-corrected chi connectivity index (χ2v) is 5.88. The van der Waals surface area contributed by atoms with Gasteiger partial charge in [-0.1, -0.05) is 41.9 Å². The van der Waals surface area contributed by atoms with Crippen LogP contribution in [0.3, 0.4) is 0 Å². The molecular weight excluding hydrogens is 355 g/mol. The fraction of sp³-hybridized carbons (Fsp3) is 0. The molecule has 0 atom stereocenters. The number of amides is 2. The van der Waals surface area contributed by atoms with Gasteiger partial charge in [0.05, 0.1) is 11.3 Å². The third-order valence-corrected chi connectivity index (χ3v) is 3.86. The summed E-state index contributed by atoms with van der Waals surface area (Å²) in [5.74, 6) is -1.21. The Morgan fingerprint density at radius 2 is 1.50 bits per heavy atom. The van der Waals surface area contributed by atoms with Crippen molar-refractivity contribution in [2.75, 3.05) is 10.6 Å². The number of benzene rings is 3. The van der Waals surface area contributed by atoms with Crippen molar-refractivity contribution in [1.82, 2.24) is 0 Å². The maximum absolute atomic E-state index is 14.0. The van der Waals surface area contributed by atoms with E-state index >= 15 is 0 Å². The van der Waals surface area contributed by atoms with Crippen LogP contribution in [0.15, 0.2) is 72.8 Å². The van der Waals surface area contributed by atoms with Crippen LogP contribution in [0.25, 0.3) is 0 Å². The molecule has 0 aliphatic rings. The molecule has 6 heteroatoms.